The highest BCUT2D eigenvalue weighted by atomic mass is 16.5. The van der Waals surface area contributed by atoms with Gasteiger partial charge in [-0.3, -0.25) is 19.8 Å². The van der Waals surface area contributed by atoms with Crippen molar-refractivity contribution in [1.82, 2.24) is 5.32 Å². The molecule has 0 spiro atoms. The number of rotatable bonds is 4. The summed E-state index contributed by atoms with van der Waals surface area (Å²) in [4.78, 5) is 35.5. The van der Waals surface area contributed by atoms with E-state index in [1.54, 1.807) is 24.3 Å². The zero-order valence-corrected chi connectivity index (χ0v) is 11.4. The average Bonchev–Trinajstić information content (AvgIpc) is 2.48. The summed E-state index contributed by atoms with van der Waals surface area (Å²) in [5.41, 5.74) is 0.296. The maximum Gasteiger partial charge on any atom is 0.243 e. The summed E-state index contributed by atoms with van der Waals surface area (Å²) in [6, 6.07) is 7.75. The number of allylic oxidation sites excluding steroid dienone is 1. The van der Waals surface area contributed by atoms with Crippen molar-refractivity contribution >= 4 is 23.2 Å². The van der Waals surface area contributed by atoms with Crippen molar-refractivity contribution in [3.8, 4) is 0 Å². The van der Waals surface area contributed by atoms with Gasteiger partial charge < -0.3 is 10.1 Å². The van der Waals surface area contributed by atoms with E-state index in [1.807, 2.05) is 6.07 Å². The number of benzene rings is 1. The Kier molecular flexibility index (Phi) is 4.27. The molecule has 0 heterocycles. The molecule has 0 saturated carbocycles. The van der Waals surface area contributed by atoms with E-state index < -0.39 is 29.2 Å². The summed E-state index contributed by atoms with van der Waals surface area (Å²) in [7, 11) is 1.25. The SMILES string of the molecule is COC1=CC(=O)C(NC(=O)Cc2ccccc2)C(=N)C1=O. The van der Waals surface area contributed by atoms with Gasteiger partial charge in [0.05, 0.1) is 13.5 Å². The van der Waals surface area contributed by atoms with Crippen LogP contribution >= 0.6 is 0 Å². The van der Waals surface area contributed by atoms with Gasteiger partial charge in [-0.1, -0.05) is 30.3 Å². The molecular formula is C15H14N2O4. The number of hydrogen-bond donors (Lipinski definition) is 2. The maximum atomic E-state index is 11.9. The highest BCUT2D eigenvalue weighted by Crippen LogP contribution is 2.11. The van der Waals surface area contributed by atoms with Gasteiger partial charge in [0.1, 0.15) is 11.8 Å². The number of carbonyl (C=O) groups excluding carboxylic acids is 3. The summed E-state index contributed by atoms with van der Waals surface area (Å²) >= 11 is 0. The number of hydrogen-bond acceptors (Lipinski definition) is 5. The number of ketones is 2. The summed E-state index contributed by atoms with van der Waals surface area (Å²) in [6.07, 6.45) is 1.08. The second kappa shape index (κ2) is 6.13. The van der Waals surface area contributed by atoms with E-state index in [1.165, 1.54) is 7.11 Å². The third-order valence-corrected chi connectivity index (χ3v) is 3.05. The topological polar surface area (TPSA) is 96.3 Å². The van der Waals surface area contributed by atoms with E-state index in [4.69, 9.17) is 10.1 Å². The third kappa shape index (κ3) is 3.22. The molecule has 0 bridgehead atoms. The Morgan fingerprint density at radius 1 is 1.29 bits per heavy atom. The van der Waals surface area contributed by atoms with E-state index >= 15 is 0 Å². The molecule has 0 fully saturated rings. The normalized spacial score (nSPS) is 18.2. The van der Waals surface area contributed by atoms with Gasteiger partial charge in [0.15, 0.2) is 11.5 Å². The fourth-order valence-corrected chi connectivity index (χ4v) is 1.97. The van der Waals surface area contributed by atoms with Gasteiger partial charge >= 0.3 is 0 Å². The zero-order valence-electron chi connectivity index (χ0n) is 11.4. The lowest BCUT2D eigenvalue weighted by atomic mass is 9.95. The summed E-state index contributed by atoms with van der Waals surface area (Å²) in [5, 5.41) is 10.1. The van der Waals surface area contributed by atoms with Crippen molar-refractivity contribution < 1.29 is 19.1 Å². The Labute approximate surface area is 121 Å². The minimum absolute atomic E-state index is 0.0763. The first-order chi connectivity index (χ1) is 10.0. The molecule has 1 aliphatic rings. The number of carbonyl (C=O) groups is 3. The highest BCUT2D eigenvalue weighted by molar-refractivity contribution is 6.52. The molecule has 0 aromatic heterocycles. The first-order valence-corrected chi connectivity index (χ1v) is 6.29. The molecule has 6 nitrogen and oxygen atoms in total. The predicted molar refractivity (Wildman–Crippen MR) is 74.9 cm³/mol. The fraction of sp³-hybridized carbons (Fsp3) is 0.200. The van der Waals surface area contributed by atoms with Gasteiger partial charge in [-0.25, -0.2) is 0 Å². The van der Waals surface area contributed by atoms with Crippen LogP contribution in [-0.4, -0.2) is 36.3 Å². The molecular weight excluding hydrogens is 272 g/mol. The molecule has 108 valence electrons. The Bertz CT molecular complexity index is 634. The molecule has 0 aliphatic heterocycles. The van der Waals surface area contributed by atoms with Crippen LogP contribution in [0.1, 0.15) is 5.56 Å². The zero-order chi connectivity index (χ0) is 15.4. The van der Waals surface area contributed by atoms with E-state index in [-0.39, 0.29) is 12.2 Å². The number of ether oxygens (including phenoxy) is 1. The molecule has 2 rings (SSSR count). The van der Waals surface area contributed by atoms with Crippen LogP contribution in [0.4, 0.5) is 0 Å². The van der Waals surface area contributed by atoms with Gasteiger partial charge in [-0.2, -0.15) is 0 Å². The largest absolute Gasteiger partial charge is 0.492 e. The van der Waals surface area contributed by atoms with Gasteiger partial charge in [0, 0.05) is 6.08 Å². The maximum absolute atomic E-state index is 11.9. The van der Waals surface area contributed by atoms with E-state index in [2.05, 4.69) is 5.32 Å². The number of nitrogens with one attached hydrogen (secondary N) is 2. The summed E-state index contributed by atoms with van der Waals surface area (Å²) < 4.78 is 4.73. The highest BCUT2D eigenvalue weighted by Gasteiger charge is 2.35. The minimum atomic E-state index is -1.24. The van der Waals surface area contributed by atoms with Gasteiger partial charge in [0.25, 0.3) is 0 Å². The lowest BCUT2D eigenvalue weighted by molar-refractivity contribution is -0.125. The second-order valence-electron chi connectivity index (χ2n) is 4.52. The molecule has 1 aromatic carbocycles. The molecule has 0 radical (unpaired) electrons. The van der Waals surface area contributed by atoms with Crippen molar-refractivity contribution in [2.24, 2.45) is 0 Å². The standard InChI is InChI=1S/C15H14N2O4/c1-21-11-8-10(18)14(13(16)15(11)20)17-12(19)7-9-5-3-2-4-6-9/h2-6,8,14,16H,7H2,1H3,(H,17,19). The number of methoxy groups -OCH3 is 1. The molecule has 1 atom stereocenters. The molecule has 6 heteroatoms. The Hall–Kier alpha value is -2.76. The van der Waals surface area contributed by atoms with Crippen LogP contribution in [0.3, 0.4) is 0 Å². The summed E-state index contributed by atoms with van der Waals surface area (Å²) in [5.74, 6) is -1.84. The van der Waals surface area contributed by atoms with Crippen molar-refractivity contribution in [3.63, 3.8) is 0 Å². The van der Waals surface area contributed by atoms with Crippen LogP contribution in [0.15, 0.2) is 42.2 Å². The van der Waals surface area contributed by atoms with E-state index in [0.717, 1.165) is 11.6 Å². The Balaban J connectivity index is 2.07. The van der Waals surface area contributed by atoms with Gasteiger partial charge in [-0.05, 0) is 5.56 Å². The van der Waals surface area contributed by atoms with Crippen LogP contribution in [-0.2, 0) is 25.5 Å². The first kappa shape index (κ1) is 14.6. The average molecular weight is 286 g/mol. The second-order valence-corrected chi connectivity index (χ2v) is 4.52. The predicted octanol–water partition coefficient (Wildman–Crippen LogP) is 0.416. The van der Waals surface area contributed by atoms with Crippen LogP contribution in [0.5, 0.6) is 0 Å². The first-order valence-electron chi connectivity index (χ1n) is 6.29. The quantitative estimate of drug-likeness (QED) is 0.838. The molecule has 0 saturated heterocycles. The van der Waals surface area contributed by atoms with Crippen LogP contribution in [0.2, 0.25) is 0 Å². The Morgan fingerprint density at radius 3 is 2.57 bits per heavy atom. The van der Waals surface area contributed by atoms with Crippen LogP contribution in [0, 0.1) is 5.41 Å². The van der Waals surface area contributed by atoms with Gasteiger partial charge in [0.2, 0.25) is 11.7 Å². The molecule has 1 aliphatic carbocycles. The van der Waals surface area contributed by atoms with Crippen molar-refractivity contribution in [1.29, 1.82) is 5.41 Å². The molecule has 1 aromatic rings. The minimum Gasteiger partial charge on any atom is -0.492 e. The van der Waals surface area contributed by atoms with Crippen LogP contribution < -0.4 is 5.32 Å². The molecule has 21 heavy (non-hydrogen) atoms. The fourth-order valence-electron chi connectivity index (χ4n) is 1.97. The molecule has 1 amide bonds. The molecule has 2 N–H and O–H groups in total. The van der Waals surface area contributed by atoms with Crippen LogP contribution in [0.25, 0.3) is 0 Å². The van der Waals surface area contributed by atoms with Crippen molar-refractivity contribution in [2.75, 3.05) is 7.11 Å². The van der Waals surface area contributed by atoms with E-state index in [0.29, 0.717) is 0 Å². The lowest BCUT2D eigenvalue weighted by Gasteiger charge is -2.21. The monoisotopic (exact) mass is 286 g/mol. The smallest absolute Gasteiger partial charge is 0.243 e. The number of amides is 1. The molecule has 1 unspecified atom stereocenters. The van der Waals surface area contributed by atoms with E-state index in [9.17, 15) is 14.4 Å². The lowest BCUT2D eigenvalue weighted by Crippen LogP contribution is -2.51. The number of Topliss-reactive ketones (excluding diaryl/α,β-unsaturated/α-hetero) is 1. The third-order valence-electron chi connectivity index (χ3n) is 3.05. The Morgan fingerprint density at radius 2 is 1.95 bits per heavy atom. The van der Waals surface area contributed by atoms with Crippen molar-refractivity contribution in [2.45, 2.75) is 12.5 Å². The summed E-state index contributed by atoms with van der Waals surface area (Å²) in [6.45, 7) is 0. The van der Waals surface area contributed by atoms with Gasteiger partial charge in [-0.15, -0.1) is 0 Å². The van der Waals surface area contributed by atoms with Crippen molar-refractivity contribution in [3.05, 3.63) is 47.7 Å².